The zero-order valence-corrected chi connectivity index (χ0v) is 14.3. The number of nitrogens with zero attached hydrogens (tertiary/aromatic N) is 1. The second-order valence-corrected chi connectivity index (χ2v) is 5.81. The third-order valence-corrected chi connectivity index (χ3v) is 4.14. The topological polar surface area (TPSA) is 90.0 Å². The van der Waals surface area contributed by atoms with E-state index in [1.165, 1.54) is 0 Å². The van der Waals surface area contributed by atoms with E-state index in [1.807, 2.05) is 32.0 Å². The van der Waals surface area contributed by atoms with E-state index >= 15 is 0 Å². The van der Waals surface area contributed by atoms with Gasteiger partial charge in [-0.1, -0.05) is 6.92 Å². The van der Waals surface area contributed by atoms with Crippen molar-refractivity contribution in [3.8, 4) is 0 Å². The van der Waals surface area contributed by atoms with Gasteiger partial charge >= 0.3 is 5.97 Å². The van der Waals surface area contributed by atoms with Crippen molar-refractivity contribution in [1.82, 2.24) is 15.3 Å². The number of aromatic carboxylic acids is 1. The van der Waals surface area contributed by atoms with E-state index in [0.29, 0.717) is 11.5 Å². The Morgan fingerprint density at radius 3 is 2.79 bits per heavy atom. The third-order valence-electron chi connectivity index (χ3n) is 3.89. The highest BCUT2D eigenvalue weighted by molar-refractivity contribution is 7.80. The molecular weight excluding hydrogens is 324 g/mol. The molecule has 0 spiro atoms. The highest BCUT2D eigenvalue weighted by Crippen LogP contribution is 2.31. The first-order chi connectivity index (χ1) is 11.5. The minimum absolute atomic E-state index is 0.104. The summed E-state index contributed by atoms with van der Waals surface area (Å²) in [4.78, 5) is 18.8. The fourth-order valence-electron chi connectivity index (χ4n) is 2.90. The number of hydrogen-bond acceptors (Lipinski definition) is 3. The van der Waals surface area contributed by atoms with E-state index in [1.54, 1.807) is 6.20 Å². The highest BCUT2D eigenvalue weighted by atomic mass is 32.1. The van der Waals surface area contributed by atoms with Gasteiger partial charge in [-0.3, -0.25) is 0 Å². The summed E-state index contributed by atoms with van der Waals surface area (Å²) < 4.78 is 0. The minimum atomic E-state index is -1.01. The molecule has 7 heteroatoms. The van der Waals surface area contributed by atoms with Crippen molar-refractivity contribution >= 4 is 50.8 Å². The predicted octanol–water partition coefficient (Wildman–Crippen LogP) is 3.28. The van der Waals surface area contributed by atoms with Crippen molar-refractivity contribution in [3.05, 3.63) is 35.7 Å². The van der Waals surface area contributed by atoms with Crippen LogP contribution < -0.4 is 10.6 Å². The molecule has 0 fully saturated rings. The van der Waals surface area contributed by atoms with Crippen LogP contribution in [0.3, 0.4) is 0 Å². The van der Waals surface area contributed by atoms with Crippen LogP contribution in [0.25, 0.3) is 21.8 Å². The van der Waals surface area contributed by atoms with Gasteiger partial charge in [0.1, 0.15) is 0 Å². The van der Waals surface area contributed by atoms with Gasteiger partial charge < -0.3 is 20.7 Å². The molecule has 3 aromatic rings. The normalized spacial score (nSPS) is 10.9. The van der Waals surface area contributed by atoms with Crippen molar-refractivity contribution in [2.45, 2.75) is 20.3 Å². The molecule has 4 N–H and O–H groups in total. The quantitative estimate of drug-likeness (QED) is 0.544. The lowest BCUT2D eigenvalue weighted by Crippen LogP contribution is -2.27. The molecule has 0 radical (unpaired) electrons. The molecule has 6 nitrogen and oxygen atoms in total. The number of benzene rings is 1. The van der Waals surface area contributed by atoms with E-state index in [2.05, 4.69) is 20.6 Å². The Bertz CT molecular complexity index is 949. The molecule has 0 aliphatic heterocycles. The Hall–Kier alpha value is -2.67. The fourth-order valence-corrected chi connectivity index (χ4v) is 3.16. The lowest BCUT2D eigenvalue weighted by Gasteiger charge is -2.09. The number of carbonyl (C=O) groups is 1. The number of carboxylic acid groups (broad SMARTS) is 1. The first-order valence-corrected chi connectivity index (χ1v) is 8.17. The van der Waals surface area contributed by atoms with Crippen LogP contribution >= 0.6 is 12.2 Å². The molecular formula is C17H18N4O2S. The zero-order valence-electron chi connectivity index (χ0n) is 13.4. The number of rotatable bonds is 4. The molecule has 1 aromatic carbocycles. The van der Waals surface area contributed by atoms with Gasteiger partial charge in [0.15, 0.2) is 10.8 Å². The Balaban J connectivity index is 2.20. The molecule has 2 aromatic heterocycles. The summed E-state index contributed by atoms with van der Waals surface area (Å²) in [6.07, 6.45) is 2.17. The average Bonchev–Trinajstić information content (AvgIpc) is 2.92. The highest BCUT2D eigenvalue weighted by Gasteiger charge is 2.17. The van der Waals surface area contributed by atoms with Gasteiger partial charge in [-0.2, -0.15) is 0 Å². The second-order valence-electron chi connectivity index (χ2n) is 5.40. The molecule has 0 saturated carbocycles. The van der Waals surface area contributed by atoms with Crippen LogP contribution in [0.4, 0.5) is 5.69 Å². The Morgan fingerprint density at radius 2 is 2.12 bits per heavy atom. The molecule has 3 rings (SSSR count). The number of H-pyrrole nitrogens is 1. The van der Waals surface area contributed by atoms with Crippen LogP contribution in [0.5, 0.6) is 0 Å². The molecule has 0 atom stereocenters. The number of hydrogen-bond donors (Lipinski definition) is 4. The van der Waals surface area contributed by atoms with E-state index in [9.17, 15) is 9.90 Å². The number of fused-ring (bicyclic) bond motifs is 3. The number of pyridine rings is 1. The molecule has 2 heterocycles. The summed E-state index contributed by atoms with van der Waals surface area (Å²) in [5.74, 6) is -1.01. The van der Waals surface area contributed by atoms with E-state index in [0.717, 1.165) is 39.6 Å². The maximum absolute atomic E-state index is 11.5. The van der Waals surface area contributed by atoms with Crippen LogP contribution in [0.1, 0.15) is 29.9 Å². The van der Waals surface area contributed by atoms with Crippen LogP contribution in [0.15, 0.2) is 24.4 Å². The Kier molecular flexibility index (Phi) is 4.35. The molecule has 0 aliphatic rings. The van der Waals surface area contributed by atoms with Crippen LogP contribution in [-0.2, 0) is 6.42 Å². The van der Waals surface area contributed by atoms with Gasteiger partial charge in [-0.15, -0.1) is 0 Å². The molecule has 0 amide bonds. The molecule has 0 bridgehead atoms. The standard InChI is InChI=1S/C17H18N4O2S/c1-3-10-14-11-7-9(20-17(24)18-4-2)5-6-12(11)21-13(14)8-19-15(10)16(22)23/h5-8,21H,3-4H2,1-2H3,(H,22,23)(H2,18,20,24). The number of aromatic amines is 1. The predicted molar refractivity (Wildman–Crippen MR) is 99.8 cm³/mol. The average molecular weight is 342 g/mol. The number of aryl methyl sites for hydroxylation is 1. The maximum atomic E-state index is 11.5. The largest absolute Gasteiger partial charge is 0.477 e. The summed E-state index contributed by atoms with van der Waals surface area (Å²) in [5.41, 5.74) is 3.46. The summed E-state index contributed by atoms with van der Waals surface area (Å²) in [6, 6.07) is 5.85. The van der Waals surface area contributed by atoms with Gasteiger partial charge in [-0.05, 0) is 49.3 Å². The van der Waals surface area contributed by atoms with Gasteiger partial charge in [0.25, 0.3) is 0 Å². The van der Waals surface area contributed by atoms with E-state index in [-0.39, 0.29) is 5.69 Å². The summed E-state index contributed by atoms with van der Waals surface area (Å²) in [5, 5.41) is 18.0. The van der Waals surface area contributed by atoms with Crippen molar-refractivity contribution in [2.75, 3.05) is 11.9 Å². The first kappa shape index (κ1) is 16.2. The Morgan fingerprint density at radius 1 is 1.33 bits per heavy atom. The van der Waals surface area contributed by atoms with Crippen LogP contribution in [0.2, 0.25) is 0 Å². The number of nitrogens with one attached hydrogen (secondary N) is 3. The summed E-state index contributed by atoms with van der Waals surface area (Å²) >= 11 is 5.22. The number of carboxylic acids is 1. The smallest absolute Gasteiger partial charge is 0.354 e. The third kappa shape index (κ3) is 2.78. The molecule has 0 unspecified atom stereocenters. The number of aromatic nitrogens is 2. The van der Waals surface area contributed by atoms with Crippen molar-refractivity contribution < 1.29 is 9.90 Å². The molecule has 0 saturated heterocycles. The van der Waals surface area contributed by atoms with Gasteiger partial charge in [0.2, 0.25) is 0 Å². The van der Waals surface area contributed by atoms with Crippen LogP contribution in [0, 0.1) is 0 Å². The monoisotopic (exact) mass is 342 g/mol. The number of thiocarbonyl (C=S) groups is 1. The lowest BCUT2D eigenvalue weighted by atomic mass is 10.0. The van der Waals surface area contributed by atoms with Crippen molar-refractivity contribution in [2.24, 2.45) is 0 Å². The van der Waals surface area contributed by atoms with Crippen molar-refractivity contribution in [3.63, 3.8) is 0 Å². The SMILES string of the molecule is CCNC(=S)Nc1ccc2[nH]c3cnc(C(=O)O)c(CC)c3c2c1. The van der Waals surface area contributed by atoms with E-state index in [4.69, 9.17) is 12.2 Å². The summed E-state index contributed by atoms with van der Waals surface area (Å²) in [6.45, 7) is 4.66. The van der Waals surface area contributed by atoms with Crippen LogP contribution in [-0.4, -0.2) is 32.7 Å². The maximum Gasteiger partial charge on any atom is 0.354 e. The lowest BCUT2D eigenvalue weighted by molar-refractivity contribution is 0.0689. The van der Waals surface area contributed by atoms with Gasteiger partial charge in [0, 0.05) is 28.5 Å². The zero-order chi connectivity index (χ0) is 17.3. The fraction of sp³-hybridized carbons (Fsp3) is 0.235. The summed E-state index contributed by atoms with van der Waals surface area (Å²) in [7, 11) is 0. The van der Waals surface area contributed by atoms with Crippen molar-refractivity contribution in [1.29, 1.82) is 0 Å². The number of anilines is 1. The Labute approximate surface area is 144 Å². The van der Waals surface area contributed by atoms with E-state index < -0.39 is 5.97 Å². The van der Waals surface area contributed by atoms with Gasteiger partial charge in [-0.25, -0.2) is 9.78 Å². The molecule has 0 aliphatic carbocycles. The first-order valence-electron chi connectivity index (χ1n) is 7.76. The minimum Gasteiger partial charge on any atom is -0.477 e. The van der Waals surface area contributed by atoms with Gasteiger partial charge in [0.05, 0.1) is 11.7 Å². The molecule has 124 valence electrons. The second kappa shape index (κ2) is 6.45. The molecule has 24 heavy (non-hydrogen) atoms.